The Morgan fingerprint density at radius 1 is 0.778 bits per heavy atom. The Bertz CT molecular complexity index is 669. The van der Waals surface area contributed by atoms with Crippen molar-refractivity contribution in [2.75, 3.05) is 0 Å². The van der Waals surface area contributed by atoms with E-state index in [9.17, 15) is 5.11 Å². The molecule has 0 heterocycles. The Hall–Kier alpha value is -1.86. The van der Waals surface area contributed by atoms with Crippen LogP contribution in [0.15, 0.2) is 48.5 Å². The molecule has 90 valence electrons. The topological polar surface area (TPSA) is 20.2 Å². The predicted molar refractivity (Wildman–Crippen MR) is 76.8 cm³/mol. The molecule has 0 aliphatic carbocycles. The van der Waals surface area contributed by atoms with Gasteiger partial charge in [-0.25, -0.2) is 0 Å². The van der Waals surface area contributed by atoms with Crippen molar-refractivity contribution in [1.29, 1.82) is 0 Å². The standard InChI is InChI=1S/C17H16O/c1-11-13-7-3-5-9-15(13)17(12(2)18)16-10-6-4-8-14(11)16/h3-10,12,18H,1-2H3. The molecule has 0 saturated heterocycles. The fourth-order valence-electron chi connectivity index (χ4n) is 2.83. The zero-order valence-electron chi connectivity index (χ0n) is 10.6. The molecule has 0 aromatic heterocycles. The summed E-state index contributed by atoms with van der Waals surface area (Å²) < 4.78 is 0. The molecule has 1 atom stereocenters. The molecule has 0 spiro atoms. The van der Waals surface area contributed by atoms with E-state index >= 15 is 0 Å². The van der Waals surface area contributed by atoms with E-state index in [0.717, 1.165) is 16.3 Å². The van der Waals surface area contributed by atoms with Crippen molar-refractivity contribution in [1.82, 2.24) is 0 Å². The number of hydrogen-bond donors (Lipinski definition) is 1. The molecule has 18 heavy (non-hydrogen) atoms. The summed E-state index contributed by atoms with van der Waals surface area (Å²) in [6.07, 6.45) is -0.458. The maximum atomic E-state index is 10.1. The van der Waals surface area contributed by atoms with Crippen LogP contribution in [0.4, 0.5) is 0 Å². The molecule has 0 amide bonds. The largest absolute Gasteiger partial charge is 0.389 e. The van der Waals surface area contributed by atoms with Crippen LogP contribution in [0.25, 0.3) is 21.5 Å². The summed E-state index contributed by atoms with van der Waals surface area (Å²) in [5.41, 5.74) is 2.32. The molecule has 0 radical (unpaired) electrons. The number of fused-ring (bicyclic) bond motifs is 2. The molecular formula is C17H16O. The van der Waals surface area contributed by atoms with Crippen LogP contribution in [0.3, 0.4) is 0 Å². The molecule has 0 bridgehead atoms. The van der Waals surface area contributed by atoms with Crippen molar-refractivity contribution < 1.29 is 5.11 Å². The molecule has 1 nitrogen and oxygen atoms in total. The van der Waals surface area contributed by atoms with Gasteiger partial charge in [-0.15, -0.1) is 0 Å². The van der Waals surface area contributed by atoms with Crippen molar-refractivity contribution in [2.45, 2.75) is 20.0 Å². The van der Waals surface area contributed by atoms with E-state index in [0.29, 0.717) is 0 Å². The van der Waals surface area contributed by atoms with Crippen LogP contribution < -0.4 is 0 Å². The lowest BCUT2D eigenvalue weighted by Gasteiger charge is -2.16. The summed E-state index contributed by atoms with van der Waals surface area (Å²) in [7, 11) is 0. The van der Waals surface area contributed by atoms with Crippen molar-refractivity contribution in [3.63, 3.8) is 0 Å². The maximum Gasteiger partial charge on any atom is 0.0773 e. The van der Waals surface area contributed by atoms with Gasteiger partial charge >= 0.3 is 0 Å². The molecule has 1 heteroatoms. The monoisotopic (exact) mass is 236 g/mol. The highest BCUT2D eigenvalue weighted by atomic mass is 16.3. The molecule has 1 N–H and O–H groups in total. The van der Waals surface area contributed by atoms with E-state index in [1.165, 1.54) is 16.3 Å². The molecule has 0 aliphatic rings. The van der Waals surface area contributed by atoms with E-state index in [4.69, 9.17) is 0 Å². The van der Waals surface area contributed by atoms with Gasteiger partial charge in [0.05, 0.1) is 6.10 Å². The zero-order valence-corrected chi connectivity index (χ0v) is 10.6. The minimum absolute atomic E-state index is 0.458. The van der Waals surface area contributed by atoms with E-state index in [2.05, 4.69) is 43.3 Å². The van der Waals surface area contributed by atoms with Crippen LogP contribution in [0.5, 0.6) is 0 Å². The molecule has 3 aromatic rings. The number of rotatable bonds is 1. The number of benzene rings is 3. The lowest BCUT2D eigenvalue weighted by Crippen LogP contribution is -1.96. The Kier molecular flexibility index (Phi) is 2.57. The highest BCUT2D eigenvalue weighted by Crippen LogP contribution is 2.35. The predicted octanol–water partition coefficient (Wildman–Crippen LogP) is 4.35. The molecule has 3 aromatic carbocycles. The van der Waals surface area contributed by atoms with Crippen molar-refractivity contribution in [3.8, 4) is 0 Å². The fourth-order valence-corrected chi connectivity index (χ4v) is 2.83. The third kappa shape index (κ3) is 1.52. The molecular weight excluding hydrogens is 220 g/mol. The lowest BCUT2D eigenvalue weighted by atomic mass is 9.90. The minimum Gasteiger partial charge on any atom is -0.389 e. The van der Waals surface area contributed by atoms with Gasteiger partial charge in [-0.05, 0) is 46.5 Å². The summed E-state index contributed by atoms with van der Waals surface area (Å²) in [6, 6.07) is 16.6. The molecule has 0 fully saturated rings. The summed E-state index contributed by atoms with van der Waals surface area (Å²) in [5.74, 6) is 0. The average Bonchev–Trinajstić information content (AvgIpc) is 2.39. The maximum absolute atomic E-state index is 10.1. The molecule has 0 saturated carbocycles. The Morgan fingerprint density at radius 2 is 1.17 bits per heavy atom. The van der Waals surface area contributed by atoms with Crippen molar-refractivity contribution in [3.05, 3.63) is 59.7 Å². The molecule has 1 unspecified atom stereocenters. The number of hydrogen-bond acceptors (Lipinski definition) is 1. The van der Waals surface area contributed by atoms with Gasteiger partial charge in [0.25, 0.3) is 0 Å². The fraction of sp³-hybridized carbons (Fsp3) is 0.176. The normalized spacial score (nSPS) is 13.1. The van der Waals surface area contributed by atoms with Gasteiger partial charge < -0.3 is 5.11 Å². The smallest absolute Gasteiger partial charge is 0.0773 e. The summed E-state index contributed by atoms with van der Waals surface area (Å²) in [5, 5.41) is 14.9. The van der Waals surface area contributed by atoms with E-state index < -0.39 is 6.10 Å². The van der Waals surface area contributed by atoms with Crippen LogP contribution in [-0.4, -0.2) is 5.11 Å². The first-order valence-corrected chi connectivity index (χ1v) is 6.28. The highest BCUT2D eigenvalue weighted by molar-refractivity contribution is 6.05. The SMILES string of the molecule is Cc1c2ccccc2c(C(C)O)c2ccccc12. The van der Waals surface area contributed by atoms with Crippen LogP contribution >= 0.6 is 0 Å². The van der Waals surface area contributed by atoms with E-state index in [1.54, 1.807) is 0 Å². The second kappa shape index (κ2) is 4.11. The summed E-state index contributed by atoms with van der Waals surface area (Å²) in [4.78, 5) is 0. The summed E-state index contributed by atoms with van der Waals surface area (Å²) in [6.45, 7) is 3.99. The van der Waals surface area contributed by atoms with Gasteiger partial charge in [0, 0.05) is 0 Å². The minimum atomic E-state index is -0.458. The highest BCUT2D eigenvalue weighted by Gasteiger charge is 2.13. The van der Waals surface area contributed by atoms with Crippen LogP contribution in [-0.2, 0) is 0 Å². The Labute approximate surface area is 107 Å². The number of aliphatic hydroxyl groups is 1. The zero-order chi connectivity index (χ0) is 12.7. The van der Waals surface area contributed by atoms with Gasteiger partial charge in [0.2, 0.25) is 0 Å². The lowest BCUT2D eigenvalue weighted by molar-refractivity contribution is 0.202. The van der Waals surface area contributed by atoms with Gasteiger partial charge in [0.1, 0.15) is 0 Å². The van der Waals surface area contributed by atoms with E-state index in [-0.39, 0.29) is 0 Å². The number of aryl methyl sites for hydroxylation is 1. The third-order valence-corrected chi connectivity index (χ3v) is 3.66. The second-order valence-corrected chi connectivity index (χ2v) is 4.81. The van der Waals surface area contributed by atoms with Crippen molar-refractivity contribution in [2.24, 2.45) is 0 Å². The van der Waals surface area contributed by atoms with Crippen molar-refractivity contribution >= 4 is 21.5 Å². The Morgan fingerprint density at radius 3 is 1.56 bits per heavy atom. The van der Waals surface area contributed by atoms with Crippen LogP contribution in [0.1, 0.15) is 24.2 Å². The Balaban J connectivity index is 2.63. The van der Waals surface area contributed by atoms with Crippen LogP contribution in [0, 0.1) is 6.92 Å². The first-order chi connectivity index (χ1) is 8.70. The first-order valence-electron chi connectivity index (χ1n) is 6.28. The van der Waals surface area contributed by atoms with Gasteiger partial charge in [-0.2, -0.15) is 0 Å². The van der Waals surface area contributed by atoms with Gasteiger partial charge in [-0.3, -0.25) is 0 Å². The average molecular weight is 236 g/mol. The first kappa shape index (κ1) is 11.2. The molecule has 3 rings (SSSR count). The quantitative estimate of drug-likeness (QED) is 0.622. The van der Waals surface area contributed by atoms with Crippen LogP contribution in [0.2, 0.25) is 0 Å². The molecule has 0 aliphatic heterocycles. The van der Waals surface area contributed by atoms with E-state index in [1.807, 2.05) is 19.1 Å². The summed E-state index contributed by atoms with van der Waals surface area (Å²) >= 11 is 0. The number of aliphatic hydroxyl groups excluding tert-OH is 1. The van der Waals surface area contributed by atoms with Gasteiger partial charge in [-0.1, -0.05) is 48.5 Å². The second-order valence-electron chi connectivity index (χ2n) is 4.81. The third-order valence-electron chi connectivity index (χ3n) is 3.66. The van der Waals surface area contributed by atoms with Gasteiger partial charge in [0.15, 0.2) is 0 Å².